The van der Waals surface area contributed by atoms with Gasteiger partial charge in [0, 0.05) is 12.8 Å². The zero-order chi connectivity index (χ0) is 14.8. The second-order valence-corrected chi connectivity index (χ2v) is 8.41. The molecule has 3 saturated carbocycles. The van der Waals surface area contributed by atoms with Crippen molar-refractivity contribution in [1.29, 1.82) is 0 Å². The number of carbonyl (C=O) groups excluding carboxylic acids is 2. The molecule has 0 amide bonds. The molecule has 5 atom stereocenters. The maximum Gasteiger partial charge on any atom is 0.299 e. The average molecular weight is 287 g/mol. The minimum atomic E-state index is 0.0296. The van der Waals surface area contributed by atoms with Crippen LogP contribution in [0.1, 0.15) is 65.2 Å². The summed E-state index contributed by atoms with van der Waals surface area (Å²) in [4.78, 5) is 22.2. The molecule has 2 nitrogen and oxygen atoms in total. The predicted molar refractivity (Wildman–Crippen MR) is 83.7 cm³/mol. The third-order valence-electron chi connectivity index (χ3n) is 7.58. The summed E-state index contributed by atoms with van der Waals surface area (Å²) in [6.07, 6.45) is 10.6. The third kappa shape index (κ3) is 1.71. The lowest BCUT2D eigenvalue weighted by Gasteiger charge is -2.54. The minimum absolute atomic E-state index is 0.0296. The Morgan fingerprint density at radius 2 is 1.95 bits per heavy atom. The average Bonchev–Trinajstić information content (AvgIpc) is 2.76. The van der Waals surface area contributed by atoms with Crippen LogP contribution in [-0.2, 0) is 4.79 Å². The van der Waals surface area contributed by atoms with E-state index in [0.717, 1.165) is 44.3 Å². The van der Waals surface area contributed by atoms with Gasteiger partial charge in [0.2, 0.25) is 0 Å². The molecule has 0 bridgehead atoms. The third-order valence-corrected chi connectivity index (χ3v) is 7.58. The van der Waals surface area contributed by atoms with Crippen molar-refractivity contribution < 1.29 is 9.59 Å². The summed E-state index contributed by atoms with van der Waals surface area (Å²) in [7, 11) is 0. The number of rotatable bonds is 0. The maximum absolute atomic E-state index is 11.8. The first-order valence-corrected chi connectivity index (χ1v) is 8.72. The minimum Gasteiger partial charge on any atom is -0.300 e. The number of hydrogen-bond acceptors (Lipinski definition) is 1. The molecule has 0 aromatic rings. The van der Waals surface area contributed by atoms with Crippen molar-refractivity contribution in [3.63, 3.8) is 0 Å². The highest BCUT2D eigenvalue weighted by Gasteiger charge is 2.59. The van der Waals surface area contributed by atoms with Gasteiger partial charge in [0.25, 0.3) is 5.78 Å². The lowest BCUT2D eigenvalue weighted by Crippen LogP contribution is -2.48. The lowest BCUT2D eigenvalue weighted by atomic mass is 9.49. The number of allylic oxidation sites excluding steroid dienone is 2. The molecular formula is C19H27O2+. The van der Waals surface area contributed by atoms with Gasteiger partial charge in [-0.25, -0.2) is 0 Å². The summed E-state index contributed by atoms with van der Waals surface area (Å²) in [5.41, 5.74) is 1.95. The van der Waals surface area contributed by atoms with Gasteiger partial charge in [0.1, 0.15) is 5.78 Å². The predicted octanol–water partition coefficient (Wildman–Crippen LogP) is 4.06. The van der Waals surface area contributed by atoms with Gasteiger partial charge in [-0.3, -0.25) is 9.59 Å². The molecule has 114 valence electrons. The van der Waals surface area contributed by atoms with E-state index in [1.807, 2.05) is 0 Å². The van der Waals surface area contributed by atoms with Gasteiger partial charge in [-0.1, -0.05) is 18.6 Å². The molecular weight excluding hydrogens is 260 g/mol. The van der Waals surface area contributed by atoms with Crippen molar-refractivity contribution in [2.45, 2.75) is 65.2 Å². The van der Waals surface area contributed by atoms with E-state index < -0.39 is 0 Å². The lowest BCUT2D eigenvalue weighted by molar-refractivity contribution is -0.125. The molecule has 0 heterocycles. The van der Waals surface area contributed by atoms with Crippen molar-refractivity contribution >= 4 is 11.6 Å². The summed E-state index contributed by atoms with van der Waals surface area (Å²) in [6, 6.07) is 0. The molecule has 0 aromatic carbocycles. The van der Waals surface area contributed by atoms with Gasteiger partial charge in [-0.05, 0) is 62.2 Å². The number of fused-ring (bicyclic) bond motifs is 5. The number of Topliss-reactive ketones (excluding diaryl/α,β-unsaturated/α-hetero) is 1. The van der Waals surface area contributed by atoms with Gasteiger partial charge in [0.05, 0.1) is 11.8 Å². The summed E-state index contributed by atoms with van der Waals surface area (Å²) in [5, 5.41) is 0. The molecule has 2 heteroatoms. The van der Waals surface area contributed by atoms with E-state index in [-0.39, 0.29) is 10.8 Å². The fourth-order valence-corrected chi connectivity index (χ4v) is 6.11. The molecule has 0 radical (unpaired) electrons. The van der Waals surface area contributed by atoms with Crippen LogP contribution in [0, 0.1) is 28.6 Å². The summed E-state index contributed by atoms with van der Waals surface area (Å²) in [5.74, 6) is 3.08. The number of carbonyl (C=O) groups is 1. The van der Waals surface area contributed by atoms with E-state index in [1.165, 1.54) is 12.8 Å². The quantitative estimate of drug-likeness (QED) is 0.489. The Hall–Kier alpha value is -0.920. The van der Waals surface area contributed by atoms with Crippen LogP contribution >= 0.6 is 0 Å². The monoisotopic (exact) mass is 287 g/mol. The van der Waals surface area contributed by atoms with Crippen LogP contribution in [0.25, 0.3) is 0 Å². The molecule has 21 heavy (non-hydrogen) atoms. The molecule has 0 aliphatic heterocycles. The Bertz CT molecular complexity index is 546. The fraction of sp³-hybridized carbons (Fsp3) is 0.789. The Kier molecular flexibility index (Phi) is 2.81. The molecule has 0 aromatic heterocycles. The van der Waals surface area contributed by atoms with Crippen LogP contribution in [0.2, 0.25) is 0 Å². The highest BCUT2D eigenvalue weighted by molar-refractivity contribution is 5.88. The van der Waals surface area contributed by atoms with E-state index in [4.69, 9.17) is 0 Å². The van der Waals surface area contributed by atoms with Crippen molar-refractivity contribution in [2.24, 2.45) is 28.6 Å². The van der Waals surface area contributed by atoms with E-state index >= 15 is 0 Å². The zero-order valence-electron chi connectivity index (χ0n) is 13.3. The molecule has 3 fully saturated rings. The Balaban J connectivity index is 1.72. The summed E-state index contributed by atoms with van der Waals surface area (Å²) >= 11 is 0. The molecule has 4 rings (SSSR count). The second-order valence-electron chi connectivity index (χ2n) is 8.41. The van der Waals surface area contributed by atoms with Gasteiger partial charge >= 0.3 is 0 Å². The van der Waals surface area contributed by atoms with E-state index in [2.05, 4.69) is 19.9 Å². The van der Waals surface area contributed by atoms with Crippen molar-refractivity contribution in [1.82, 2.24) is 0 Å². The highest BCUT2D eigenvalue weighted by Crippen LogP contribution is 2.62. The zero-order valence-corrected chi connectivity index (χ0v) is 13.3. The Morgan fingerprint density at radius 3 is 2.76 bits per heavy atom. The van der Waals surface area contributed by atoms with Crippen LogP contribution in [-0.4, -0.2) is 16.4 Å². The van der Waals surface area contributed by atoms with E-state index in [1.54, 1.807) is 5.57 Å². The van der Waals surface area contributed by atoms with Gasteiger partial charge in [-0.2, -0.15) is 0 Å². The Labute approximate surface area is 127 Å². The molecule has 0 spiro atoms. The molecule has 4 aliphatic rings. The van der Waals surface area contributed by atoms with Gasteiger partial charge < -0.3 is 0 Å². The second kappa shape index (κ2) is 4.30. The smallest absolute Gasteiger partial charge is 0.299 e. The highest BCUT2D eigenvalue weighted by atomic mass is 16.1. The first-order valence-electron chi connectivity index (χ1n) is 8.72. The molecule has 0 saturated heterocycles. The van der Waals surface area contributed by atoms with Crippen LogP contribution < -0.4 is 0 Å². The van der Waals surface area contributed by atoms with Crippen LogP contribution in [0.5, 0.6) is 0 Å². The van der Waals surface area contributed by atoms with Crippen molar-refractivity contribution in [3.05, 3.63) is 11.6 Å². The van der Waals surface area contributed by atoms with Crippen LogP contribution in [0.3, 0.4) is 0 Å². The molecule has 1 N–H and O–H groups in total. The molecule has 4 aliphatic carbocycles. The topological polar surface area (TPSA) is 38.5 Å². The maximum atomic E-state index is 11.8. The van der Waals surface area contributed by atoms with Gasteiger partial charge in [-0.15, -0.1) is 0 Å². The van der Waals surface area contributed by atoms with Crippen molar-refractivity contribution in [3.8, 4) is 0 Å². The van der Waals surface area contributed by atoms with E-state index in [9.17, 15) is 9.59 Å². The number of ketones is 2. The van der Waals surface area contributed by atoms with Crippen LogP contribution in [0.15, 0.2) is 11.6 Å². The first-order chi connectivity index (χ1) is 9.95. The summed E-state index contributed by atoms with van der Waals surface area (Å²) in [6.45, 7) is 4.69. The fourth-order valence-electron chi connectivity index (χ4n) is 6.11. The Morgan fingerprint density at radius 1 is 1.14 bits per heavy atom. The van der Waals surface area contributed by atoms with Gasteiger partial charge in [0.15, 0.2) is 0 Å². The summed E-state index contributed by atoms with van der Waals surface area (Å²) < 4.78 is 0. The number of hydrogen-bond donors (Lipinski definition) is 0. The molecule has 0 unspecified atom stereocenters. The van der Waals surface area contributed by atoms with E-state index in [0.29, 0.717) is 23.5 Å². The standard InChI is InChI=1S/C19H26O2/c1-18-9-7-13(20)11-12(18)3-4-14-15-5-6-17(21)19(15,2)10-8-16(14)18/h8,12,14-15H,3-7,9-11H2,1-2H3/p+1/t12-,14+,15+,18+,19+/m1/s1. The first kappa shape index (κ1) is 13.7. The van der Waals surface area contributed by atoms with Crippen LogP contribution in [0.4, 0.5) is 0 Å². The SMILES string of the molecule is C[C@]12CCC(=O)C[C@H]1CC[C@@H]1C2=CC[C@]2(C)C(=[OH+])CC[C@@H]12. The normalized spacial score (nSPS) is 49.2. The largest absolute Gasteiger partial charge is 0.300 e. The van der Waals surface area contributed by atoms with Crippen molar-refractivity contribution in [2.75, 3.05) is 0 Å².